The molecule has 0 fully saturated rings. The Balaban J connectivity index is 2.01. The molecule has 126 valence electrons. The van der Waals surface area contributed by atoms with Crippen LogP contribution in [0.2, 0.25) is 5.02 Å². The van der Waals surface area contributed by atoms with Crippen LogP contribution in [0.25, 0.3) is 5.69 Å². The lowest BCUT2D eigenvalue weighted by Crippen LogP contribution is -2.38. The number of fused-ring (bicyclic) bond motifs is 1. The van der Waals surface area contributed by atoms with Crippen molar-refractivity contribution in [3.63, 3.8) is 0 Å². The smallest absolute Gasteiger partial charge is 0.356 e. The lowest BCUT2D eigenvalue weighted by atomic mass is 10.0. The Morgan fingerprint density at radius 3 is 2.67 bits per heavy atom. The number of hydrogen-bond acceptors (Lipinski definition) is 4. The molecule has 0 bridgehead atoms. The first-order valence-corrected chi connectivity index (χ1v) is 7.75. The number of aromatic carboxylic acids is 1. The van der Waals surface area contributed by atoms with Gasteiger partial charge in [0.25, 0.3) is 0 Å². The summed E-state index contributed by atoms with van der Waals surface area (Å²) in [6.45, 7) is 0.684. The molecule has 8 heteroatoms. The van der Waals surface area contributed by atoms with Crippen molar-refractivity contribution in [3.05, 3.63) is 46.2 Å². The molecule has 7 nitrogen and oxygen atoms in total. The Hall–Kier alpha value is -2.38. The highest BCUT2D eigenvalue weighted by atomic mass is 35.5. The topological polar surface area (TPSA) is 84.7 Å². The fourth-order valence-electron chi connectivity index (χ4n) is 2.81. The quantitative estimate of drug-likeness (QED) is 0.909. The highest BCUT2D eigenvalue weighted by Crippen LogP contribution is 2.26. The number of nitrogens with zero attached hydrogens (tertiary/aromatic N) is 3. The SMILES string of the molecule is COCC(=O)N1CCc2c(c(C(=O)O)nn2-c2ccc(Cl)cc2)C1. The van der Waals surface area contributed by atoms with Gasteiger partial charge in [-0.25, -0.2) is 9.48 Å². The minimum absolute atomic E-state index is 0.0247. The molecule has 0 radical (unpaired) electrons. The van der Waals surface area contributed by atoms with E-state index in [0.29, 0.717) is 23.6 Å². The fraction of sp³-hybridized carbons (Fsp3) is 0.312. The summed E-state index contributed by atoms with van der Waals surface area (Å²) in [6, 6.07) is 7.01. The third kappa shape index (κ3) is 3.00. The van der Waals surface area contributed by atoms with Crippen molar-refractivity contribution in [1.82, 2.24) is 14.7 Å². The Morgan fingerprint density at radius 2 is 2.04 bits per heavy atom. The standard InChI is InChI=1S/C16H16ClN3O4/c1-24-9-14(21)19-7-6-13-12(8-19)15(16(22)23)18-20(13)11-4-2-10(17)3-5-11/h2-5H,6-9H2,1H3,(H,22,23). The summed E-state index contributed by atoms with van der Waals surface area (Å²) >= 11 is 5.90. The van der Waals surface area contributed by atoms with E-state index in [2.05, 4.69) is 5.10 Å². The fourth-order valence-corrected chi connectivity index (χ4v) is 2.94. The van der Waals surface area contributed by atoms with Crippen LogP contribution in [0.15, 0.2) is 24.3 Å². The van der Waals surface area contributed by atoms with E-state index >= 15 is 0 Å². The minimum atomic E-state index is -1.11. The van der Waals surface area contributed by atoms with Crippen LogP contribution in [0.1, 0.15) is 21.7 Å². The number of carbonyl (C=O) groups excluding carboxylic acids is 1. The highest BCUT2D eigenvalue weighted by Gasteiger charge is 2.30. The lowest BCUT2D eigenvalue weighted by molar-refractivity contribution is -0.136. The van der Waals surface area contributed by atoms with Gasteiger partial charge >= 0.3 is 5.97 Å². The second-order valence-electron chi connectivity index (χ2n) is 5.47. The molecule has 0 unspecified atom stereocenters. The van der Waals surface area contributed by atoms with E-state index in [0.717, 1.165) is 11.4 Å². The molecule has 2 aromatic rings. The van der Waals surface area contributed by atoms with Gasteiger partial charge in [-0.3, -0.25) is 4.79 Å². The van der Waals surface area contributed by atoms with E-state index in [9.17, 15) is 14.7 Å². The van der Waals surface area contributed by atoms with E-state index in [1.807, 2.05) is 0 Å². The molecular formula is C16H16ClN3O4. The minimum Gasteiger partial charge on any atom is -0.476 e. The van der Waals surface area contributed by atoms with Gasteiger partial charge in [0.1, 0.15) is 6.61 Å². The van der Waals surface area contributed by atoms with Crippen molar-refractivity contribution in [2.75, 3.05) is 20.3 Å². The van der Waals surface area contributed by atoms with Crippen LogP contribution in [-0.4, -0.2) is 51.9 Å². The van der Waals surface area contributed by atoms with Crippen LogP contribution >= 0.6 is 11.6 Å². The Morgan fingerprint density at radius 1 is 1.33 bits per heavy atom. The predicted molar refractivity (Wildman–Crippen MR) is 86.5 cm³/mol. The van der Waals surface area contributed by atoms with Gasteiger partial charge in [-0.05, 0) is 24.3 Å². The number of hydrogen-bond donors (Lipinski definition) is 1. The van der Waals surface area contributed by atoms with Gasteiger partial charge < -0.3 is 14.7 Å². The van der Waals surface area contributed by atoms with Crippen LogP contribution < -0.4 is 0 Å². The molecule has 0 saturated heterocycles. The molecule has 1 N–H and O–H groups in total. The first-order chi connectivity index (χ1) is 11.5. The van der Waals surface area contributed by atoms with Gasteiger partial charge in [0.05, 0.1) is 11.4 Å². The van der Waals surface area contributed by atoms with Crippen molar-refractivity contribution in [2.24, 2.45) is 0 Å². The number of amides is 1. The normalized spacial score (nSPS) is 13.7. The second-order valence-corrected chi connectivity index (χ2v) is 5.90. The number of carboxylic acid groups (broad SMARTS) is 1. The maximum atomic E-state index is 12.0. The highest BCUT2D eigenvalue weighted by molar-refractivity contribution is 6.30. The summed E-state index contributed by atoms with van der Waals surface area (Å²) in [5.41, 5.74) is 2.07. The summed E-state index contributed by atoms with van der Waals surface area (Å²) in [7, 11) is 1.45. The van der Waals surface area contributed by atoms with E-state index < -0.39 is 5.97 Å². The van der Waals surface area contributed by atoms with Crippen molar-refractivity contribution in [2.45, 2.75) is 13.0 Å². The van der Waals surface area contributed by atoms with E-state index in [-0.39, 0.29) is 24.8 Å². The second kappa shape index (κ2) is 6.62. The van der Waals surface area contributed by atoms with E-state index in [1.54, 1.807) is 33.8 Å². The largest absolute Gasteiger partial charge is 0.476 e. The molecule has 1 aliphatic heterocycles. The average Bonchev–Trinajstić information content (AvgIpc) is 2.95. The van der Waals surface area contributed by atoms with Gasteiger partial charge in [-0.1, -0.05) is 11.6 Å². The molecule has 0 spiro atoms. The number of ether oxygens (including phenoxy) is 1. The molecule has 1 aliphatic rings. The molecule has 0 atom stereocenters. The lowest BCUT2D eigenvalue weighted by Gasteiger charge is -2.27. The van der Waals surface area contributed by atoms with Crippen LogP contribution in [0.5, 0.6) is 0 Å². The molecule has 0 aliphatic carbocycles. The molecular weight excluding hydrogens is 334 g/mol. The third-order valence-electron chi connectivity index (χ3n) is 3.95. The zero-order valence-corrected chi connectivity index (χ0v) is 13.8. The molecule has 2 heterocycles. The number of carbonyl (C=O) groups is 2. The van der Waals surface area contributed by atoms with Crippen molar-refractivity contribution in [1.29, 1.82) is 0 Å². The molecule has 1 aromatic carbocycles. The van der Waals surface area contributed by atoms with E-state index in [1.165, 1.54) is 7.11 Å². The predicted octanol–water partition coefficient (Wildman–Crippen LogP) is 1.76. The van der Waals surface area contributed by atoms with Gasteiger partial charge in [-0.15, -0.1) is 0 Å². The maximum absolute atomic E-state index is 12.0. The number of methoxy groups -OCH3 is 1. The molecule has 0 saturated carbocycles. The molecule has 1 aromatic heterocycles. The van der Waals surface area contributed by atoms with Crippen molar-refractivity contribution >= 4 is 23.5 Å². The number of aromatic nitrogens is 2. The van der Waals surface area contributed by atoms with Gasteiger partial charge in [0.2, 0.25) is 5.91 Å². The van der Waals surface area contributed by atoms with Gasteiger partial charge in [0, 0.05) is 37.2 Å². The summed E-state index contributed by atoms with van der Waals surface area (Å²) < 4.78 is 6.49. The van der Waals surface area contributed by atoms with Crippen molar-refractivity contribution < 1.29 is 19.4 Å². The molecule has 1 amide bonds. The summed E-state index contributed by atoms with van der Waals surface area (Å²) in [5, 5.41) is 14.3. The van der Waals surface area contributed by atoms with E-state index in [4.69, 9.17) is 16.3 Å². The monoisotopic (exact) mass is 349 g/mol. The Bertz CT molecular complexity index is 785. The zero-order chi connectivity index (χ0) is 17.3. The van der Waals surface area contributed by atoms with Gasteiger partial charge in [-0.2, -0.15) is 5.10 Å². The Labute approximate surface area is 143 Å². The molecule has 3 rings (SSSR count). The van der Waals surface area contributed by atoms with Crippen LogP contribution in [0, 0.1) is 0 Å². The zero-order valence-electron chi connectivity index (χ0n) is 13.0. The van der Waals surface area contributed by atoms with Crippen LogP contribution in [-0.2, 0) is 22.5 Å². The van der Waals surface area contributed by atoms with Gasteiger partial charge in [0.15, 0.2) is 5.69 Å². The number of benzene rings is 1. The maximum Gasteiger partial charge on any atom is 0.356 e. The summed E-state index contributed by atoms with van der Waals surface area (Å²) in [4.78, 5) is 25.2. The summed E-state index contributed by atoms with van der Waals surface area (Å²) in [5.74, 6) is -1.28. The summed E-state index contributed by atoms with van der Waals surface area (Å²) in [6.07, 6.45) is 0.522. The first kappa shape index (κ1) is 16.5. The number of rotatable bonds is 4. The number of halogens is 1. The third-order valence-corrected chi connectivity index (χ3v) is 4.20. The average molecular weight is 350 g/mol. The molecule has 24 heavy (non-hydrogen) atoms. The Kier molecular flexibility index (Phi) is 4.55. The first-order valence-electron chi connectivity index (χ1n) is 7.38. The van der Waals surface area contributed by atoms with Crippen molar-refractivity contribution in [3.8, 4) is 5.69 Å². The van der Waals surface area contributed by atoms with Crippen LogP contribution in [0.3, 0.4) is 0 Å². The number of carboxylic acids is 1. The van der Waals surface area contributed by atoms with Crippen LogP contribution in [0.4, 0.5) is 0 Å².